The van der Waals surface area contributed by atoms with E-state index in [1.165, 1.54) is 19.2 Å². The van der Waals surface area contributed by atoms with Gasteiger partial charge < -0.3 is 14.2 Å². The summed E-state index contributed by atoms with van der Waals surface area (Å²) >= 11 is 0. The van der Waals surface area contributed by atoms with Crippen LogP contribution in [0.4, 0.5) is 4.39 Å². The van der Waals surface area contributed by atoms with Crippen LogP contribution in [0.15, 0.2) is 18.2 Å². The summed E-state index contributed by atoms with van der Waals surface area (Å²) in [6.45, 7) is 1.09. The predicted octanol–water partition coefficient (Wildman–Crippen LogP) is 1.43. The Hall–Kier alpha value is -1.46. The van der Waals surface area contributed by atoms with Crippen LogP contribution >= 0.6 is 0 Å². The third kappa shape index (κ3) is 2.62. The minimum absolute atomic E-state index is 0.113. The molecule has 0 aliphatic carbocycles. The van der Waals surface area contributed by atoms with Crippen molar-refractivity contribution >= 4 is 5.78 Å². The number of methoxy groups -OCH3 is 1. The van der Waals surface area contributed by atoms with Gasteiger partial charge in [-0.05, 0) is 18.2 Å². The predicted molar refractivity (Wildman–Crippen MR) is 57.8 cm³/mol. The molecule has 1 aromatic rings. The maximum Gasteiger partial charge on any atom is 0.194 e. The van der Waals surface area contributed by atoms with Crippen LogP contribution in [0.1, 0.15) is 10.4 Å². The van der Waals surface area contributed by atoms with Crippen LogP contribution in [0.5, 0.6) is 5.75 Å². The maximum atomic E-state index is 13.4. The van der Waals surface area contributed by atoms with Crippen molar-refractivity contribution in [2.24, 2.45) is 0 Å². The molecule has 0 aromatic heterocycles. The van der Waals surface area contributed by atoms with Gasteiger partial charge in [0.2, 0.25) is 0 Å². The van der Waals surface area contributed by atoms with E-state index in [2.05, 4.69) is 0 Å². The number of carbonyl (C=O) groups excluding carboxylic acids is 1. The zero-order valence-corrected chi connectivity index (χ0v) is 9.44. The van der Waals surface area contributed by atoms with E-state index < -0.39 is 11.9 Å². The Labute approximate surface area is 98.3 Å². The fraction of sp³-hybridized carbons (Fsp3) is 0.417. The van der Waals surface area contributed by atoms with Gasteiger partial charge in [-0.1, -0.05) is 0 Å². The number of benzene rings is 1. The van der Waals surface area contributed by atoms with Gasteiger partial charge in [0.25, 0.3) is 0 Å². The normalized spacial score (nSPS) is 20.0. The number of ether oxygens (including phenoxy) is 3. The molecular weight excluding hydrogens is 227 g/mol. The lowest BCUT2D eigenvalue weighted by Gasteiger charge is -2.21. The van der Waals surface area contributed by atoms with Gasteiger partial charge in [0.1, 0.15) is 6.10 Å². The Kier molecular flexibility index (Phi) is 3.71. The fourth-order valence-electron chi connectivity index (χ4n) is 1.64. The SMILES string of the molecule is COc1ccc(C(=O)C2COCCO2)cc1F. The molecule has 0 radical (unpaired) electrons. The minimum Gasteiger partial charge on any atom is -0.494 e. The summed E-state index contributed by atoms with van der Waals surface area (Å²) < 4.78 is 28.6. The highest BCUT2D eigenvalue weighted by molar-refractivity contribution is 5.99. The highest BCUT2D eigenvalue weighted by Gasteiger charge is 2.24. The van der Waals surface area contributed by atoms with Crippen LogP contribution in [-0.2, 0) is 9.47 Å². The molecule has 1 unspecified atom stereocenters. The molecule has 1 atom stereocenters. The van der Waals surface area contributed by atoms with E-state index in [9.17, 15) is 9.18 Å². The van der Waals surface area contributed by atoms with Gasteiger partial charge in [-0.3, -0.25) is 4.79 Å². The number of hydrogen-bond acceptors (Lipinski definition) is 4. The van der Waals surface area contributed by atoms with Crippen LogP contribution in [-0.4, -0.2) is 38.8 Å². The summed E-state index contributed by atoms with van der Waals surface area (Å²) in [5, 5.41) is 0. The second kappa shape index (κ2) is 5.25. The van der Waals surface area contributed by atoms with Crippen LogP contribution in [0.25, 0.3) is 0 Å². The van der Waals surface area contributed by atoms with Crippen molar-refractivity contribution in [1.29, 1.82) is 0 Å². The summed E-state index contributed by atoms with van der Waals surface area (Å²) in [5.74, 6) is -0.719. The maximum absolute atomic E-state index is 13.4. The molecule has 1 fully saturated rings. The minimum atomic E-state index is -0.642. The summed E-state index contributed by atoms with van der Waals surface area (Å²) in [6, 6.07) is 4.09. The second-order valence-corrected chi connectivity index (χ2v) is 3.65. The molecule has 0 saturated carbocycles. The fourth-order valence-corrected chi connectivity index (χ4v) is 1.64. The Morgan fingerprint density at radius 2 is 2.29 bits per heavy atom. The Balaban J connectivity index is 2.16. The van der Waals surface area contributed by atoms with E-state index in [-0.39, 0.29) is 23.7 Å². The number of carbonyl (C=O) groups is 1. The molecule has 0 N–H and O–H groups in total. The van der Waals surface area contributed by atoms with Crippen LogP contribution in [0.2, 0.25) is 0 Å². The van der Waals surface area contributed by atoms with Crippen LogP contribution in [0, 0.1) is 5.82 Å². The quantitative estimate of drug-likeness (QED) is 0.750. The molecule has 0 spiro atoms. The largest absolute Gasteiger partial charge is 0.494 e. The third-order valence-electron chi connectivity index (χ3n) is 2.54. The summed E-state index contributed by atoms with van der Waals surface area (Å²) in [5.41, 5.74) is 0.263. The van der Waals surface area contributed by atoms with Crippen LogP contribution in [0.3, 0.4) is 0 Å². The first kappa shape index (κ1) is 12.0. The van der Waals surface area contributed by atoms with Gasteiger partial charge in [-0.25, -0.2) is 4.39 Å². The smallest absolute Gasteiger partial charge is 0.194 e. The number of hydrogen-bond donors (Lipinski definition) is 0. The topological polar surface area (TPSA) is 44.8 Å². The van der Waals surface area contributed by atoms with E-state index >= 15 is 0 Å². The third-order valence-corrected chi connectivity index (χ3v) is 2.54. The number of rotatable bonds is 3. The lowest BCUT2D eigenvalue weighted by atomic mass is 10.1. The molecule has 1 saturated heterocycles. The van der Waals surface area contributed by atoms with Crippen molar-refractivity contribution < 1.29 is 23.4 Å². The number of Topliss-reactive ketones (excluding diaryl/α,β-unsaturated/α-hetero) is 1. The highest BCUT2D eigenvalue weighted by Crippen LogP contribution is 2.19. The van der Waals surface area contributed by atoms with Gasteiger partial charge in [-0.2, -0.15) is 0 Å². The molecule has 1 aliphatic heterocycles. The first-order chi connectivity index (χ1) is 8.22. The van der Waals surface area contributed by atoms with Gasteiger partial charge >= 0.3 is 0 Å². The van der Waals surface area contributed by atoms with E-state index in [1.807, 2.05) is 0 Å². The molecule has 0 amide bonds. The van der Waals surface area contributed by atoms with Crippen molar-refractivity contribution in [2.75, 3.05) is 26.9 Å². The molecule has 1 aromatic carbocycles. The van der Waals surface area contributed by atoms with E-state index in [0.717, 1.165) is 6.07 Å². The van der Waals surface area contributed by atoms with E-state index in [1.54, 1.807) is 0 Å². The van der Waals surface area contributed by atoms with E-state index in [4.69, 9.17) is 14.2 Å². The van der Waals surface area contributed by atoms with Crippen molar-refractivity contribution in [3.8, 4) is 5.75 Å². The van der Waals surface area contributed by atoms with Crippen molar-refractivity contribution in [3.63, 3.8) is 0 Å². The Morgan fingerprint density at radius 3 is 2.88 bits per heavy atom. The van der Waals surface area contributed by atoms with Crippen molar-refractivity contribution in [2.45, 2.75) is 6.10 Å². The molecule has 0 bridgehead atoms. The molecule has 2 rings (SSSR count). The van der Waals surface area contributed by atoms with Gasteiger partial charge in [0.15, 0.2) is 17.3 Å². The summed E-state index contributed by atoms with van der Waals surface area (Å²) in [4.78, 5) is 11.9. The molecule has 17 heavy (non-hydrogen) atoms. The monoisotopic (exact) mass is 240 g/mol. The molecular formula is C12H13FO4. The lowest BCUT2D eigenvalue weighted by molar-refractivity contribution is -0.0719. The summed E-state index contributed by atoms with van der Waals surface area (Å²) in [6.07, 6.45) is -0.642. The Morgan fingerprint density at radius 1 is 1.47 bits per heavy atom. The van der Waals surface area contributed by atoms with Crippen molar-refractivity contribution in [1.82, 2.24) is 0 Å². The average molecular weight is 240 g/mol. The number of ketones is 1. The second-order valence-electron chi connectivity index (χ2n) is 3.65. The molecule has 1 heterocycles. The molecule has 92 valence electrons. The highest BCUT2D eigenvalue weighted by atomic mass is 19.1. The van der Waals surface area contributed by atoms with Crippen LogP contribution < -0.4 is 4.74 Å². The number of halogens is 1. The van der Waals surface area contributed by atoms with Gasteiger partial charge in [-0.15, -0.1) is 0 Å². The molecule has 4 nitrogen and oxygen atoms in total. The first-order valence-electron chi connectivity index (χ1n) is 5.29. The Bertz CT molecular complexity index is 413. The summed E-state index contributed by atoms with van der Waals surface area (Å²) in [7, 11) is 1.37. The van der Waals surface area contributed by atoms with Gasteiger partial charge in [0, 0.05) is 5.56 Å². The average Bonchev–Trinajstić information content (AvgIpc) is 2.39. The van der Waals surface area contributed by atoms with E-state index in [0.29, 0.717) is 13.2 Å². The molecule has 5 heteroatoms. The van der Waals surface area contributed by atoms with Gasteiger partial charge in [0.05, 0.1) is 26.9 Å². The van der Waals surface area contributed by atoms with Crippen molar-refractivity contribution in [3.05, 3.63) is 29.6 Å². The first-order valence-corrected chi connectivity index (χ1v) is 5.29. The zero-order chi connectivity index (χ0) is 12.3. The molecule has 1 aliphatic rings. The zero-order valence-electron chi connectivity index (χ0n) is 9.44. The lowest BCUT2D eigenvalue weighted by Crippen LogP contribution is -2.35. The standard InChI is InChI=1S/C12H13FO4/c1-15-10-3-2-8(6-9(10)13)12(14)11-7-16-4-5-17-11/h2-3,6,11H,4-5,7H2,1H3.